The molecule has 1 aromatic rings. The van der Waals surface area contributed by atoms with Gasteiger partial charge in [0.05, 0.1) is 6.61 Å². The average Bonchev–Trinajstić information content (AvgIpc) is 2.56. The van der Waals surface area contributed by atoms with Gasteiger partial charge in [-0.15, -0.1) is 11.3 Å². The van der Waals surface area contributed by atoms with Gasteiger partial charge in [0, 0.05) is 11.6 Å². The Kier molecular flexibility index (Phi) is 4.27. The highest BCUT2D eigenvalue weighted by Crippen LogP contribution is 2.09. The van der Waals surface area contributed by atoms with Crippen molar-refractivity contribution in [1.29, 1.82) is 0 Å². The summed E-state index contributed by atoms with van der Waals surface area (Å²) in [5, 5.41) is 7.69. The number of hydrogen-bond acceptors (Lipinski definition) is 5. The molecule has 5 nitrogen and oxygen atoms in total. The highest BCUT2D eigenvalue weighted by atomic mass is 32.1. The molecule has 1 heterocycles. The maximum Gasteiger partial charge on any atom is 0.413 e. The van der Waals surface area contributed by atoms with E-state index in [0.717, 1.165) is 0 Å². The Morgan fingerprint density at radius 2 is 2.57 bits per heavy atom. The van der Waals surface area contributed by atoms with Crippen molar-refractivity contribution in [3.63, 3.8) is 0 Å². The Bertz CT molecular complexity index is 313. The molecule has 0 spiro atoms. The smallest absolute Gasteiger partial charge is 0.413 e. The molecule has 0 radical (unpaired) electrons. The van der Waals surface area contributed by atoms with E-state index in [2.05, 4.69) is 20.4 Å². The molecule has 0 saturated heterocycles. The molecule has 7 heteroatoms. The normalized spacial score (nSPS) is 9.21. The minimum Gasteiger partial charge on any atom is -0.450 e. The summed E-state index contributed by atoms with van der Waals surface area (Å²) in [7, 11) is 0. The fraction of sp³-hybridized carbons (Fsp3) is 0.286. The van der Waals surface area contributed by atoms with Gasteiger partial charge in [0.25, 0.3) is 0 Å². The van der Waals surface area contributed by atoms with Crippen LogP contribution in [-0.4, -0.2) is 22.8 Å². The van der Waals surface area contributed by atoms with Gasteiger partial charge >= 0.3 is 6.09 Å². The number of carbonyl (C=O) groups is 1. The number of carbonyl (C=O) groups excluding carboxylic acids is 1. The lowest BCUT2D eigenvalue weighted by Gasteiger charge is -2.06. The standard InChI is InChI=1S/C7H9N3O2S2/c1-2-12-7(11)10-5(13)9-6-8-3-4-14-6/h3-4H,2H2,1H3,(H2,8,9,10,11,13). The van der Waals surface area contributed by atoms with Crippen molar-refractivity contribution in [3.05, 3.63) is 11.6 Å². The lowest BCUT2D eigenvalue weighted by atomic mass is 10.8. The Morgan fingerprint density at radius 1 is 1.79 bits per heavy atom. The second kappa shape index (κ2) is 5.51. The van der Waals surface area contributed by atoms with Crippen LogP contribution in [0, 0.1) is 0 Å². The average molecular weight is 231 g/mol. The van der Waals surface area contributed by atoms with E-state index in [-0.39, 0.29) is 5.11 Å². The molecule has 0 bridgehead atoms. The molecule has 0 aromatic carbocycles. The van der Waals surface area contributed by atoms with Crippen LogP contribution in [0.5, 0.6) is 0 Å². The van der Waals surface area contributed by atoms with Crippen molar-refractivity contribution >= 4 is 39.9 Å². The van der Waals surface area contributed by atoms with E-state index >= 15 is 0 Å². The van der Waals surface area contributed by atoms with E-state index in [9.17, 15) is 4.79 Å². The van der Waals surface area contributed by atoms with Gasteiger partial charge < -0.3 is 10.1 Å². The predicted octanol–water partition coefficient (Wildman–Crippen LogP) is 1.59. The van der Waals surface area contributed by atoms with Gasteiger partial charge in [-0.3, -0.25) is 5.32 Å². The highest BCUT2D eigenvalue weighted by molar-refractivity contribution is 7.80. The predicted molar refractivity (Wildman–Crippen MR) is 58.5 cm³/mol. The Morgan fingerprint density at radius 3 is 3.14 bits per heavy atom. The third-order valence-corrected chi connectivity index (χ3v) is 2.04. The molecular formula is C7H9N3O2S2. The number of alkyl carbamates (subject to hydrolysis) is 1. The third kappa shape index (κ3) is 3.67. The second-order valence-corrected chi connectivity index (χ2v) is 3.44. The van der Waals surface area contributed by atoms with Gasteiger partial charge in [-0.25, -0.2) is 9.78 Å². The molecule has 0 aliphatic heterocycles. The molecule has 14 heavy (non-hydrogen) atoms. The third-order valence-electron chi connectivity index (χ3n) is 1.14. The van der Waals surface area contributed by atoms with E-state index in [0.29, 0.717) is 11.7 Å². The van der Waals surface area contributed by atoms with Gasteiger partial charge in [-0.2, -0.15) is 0 Å². The fourth-order valence-corrected chi connectivity index (χ4v) is 1.45. The van der Waals surface area contributed by atoms with Crippen LogP contribution in [0.1, 0.15) is 6.92 Å². The Balaban J connectivity index is 2.33. The Hall–Kier alpha value is -1.21. The van der Waals surface area contributed by atoms with Crippen molar-refractivity contribution in [2.75, 3.05) is 11.9 Å². The first-order valence-electron chi connectivity index (χ1n) is 3.86. The minimum atomic E-state index is -0.568. The highest BCUT2D eigenvalue weighted by Gasteiger charge is 2.04. The number of nitrogens with one attached hydrogen (secondary N) is 2. The van der Waals surface area contributed by atoms with Crippen molar-refractivity contribution in [1.82, 2.24) is 10.3 Å². The van der Waals surface area contributed by atoms with Crippen molar-refractivity contribution in [2.45, 2.75) is 6.92 Å². The van der Waals surface area contributed by atoms with Crippen LogP contribution in [-0.2, 0) is 4.74 Å². The van der Waals surface area contributed by atoms with Gasteiger partial charge in [0.2, 0.25) is 0 Å². The summed E-state index contributed by atoms with van der Waals surface area (Å²) in [5.74, 6) is 0. The molecular weight excluding hydrogens is 222 g/mol. The molecule has 76 valence electrons. The van der Waals surface area contributed by atoms with Crippen LogP contribution in [0.2, 0.25) is 0 Å². The van der Waals surface area contributed by atoms with Crippen molar-refractivity contribution in [3.8, 4) is 0 Å². The molecule has 0 fully saturated rings. The van der Waals surface area contributed by atoms with Crippen LogP contribution in [0.4, 0.5) is 9.93 Å². The largest absolute Gasteiger partial charge is 0.450 e. The van der Waals surface area contributed by atoms with Crippen molar-refractivity contribution < 1.29 is 9.53 Å². The summed E-state index contributed by atoms with van der Waals surface area (Å²) in [5.41, 5.74) is 0. The van der Waals surface area contributed by atoms with E-state index in [4.69, 9.17) is 12.2 Å². The lowest BCUT2D eigenvalue weighted by molar-refractivity contribution is 0.158. The number of hydrogen-bond donors (Lipinski definition) is 2. The van der Waals surface area contributed by atoms with Crippen LogP contribution in [0.25, 0.3) is 0 Å². The lowest BCUT2D eigenvalue weighted by Crippen LogP contribution is -2.34. The first kappa shape index (κ1) is 10.9. The Labute approximate surface area is 90.5 Å². The summed E-state index contributed by atoms with van der Waals surface area (Å²) in [4.78, 5) is 14.8. The molecule has 1 amide bonds. The van der Waals surface area contributed by atoms with E-state index in [1.807, 2.05) is 0 Å². The van der Waals surface area contributed by atoms with Gasteiger partial charge in [0.1, 0.15) is 0 Å². The fourth-order valence-electron chi connectivity index (χ4n) is 0.673. The summed E-state index contributed by atoms with van der Waals surface area (Å²) in [6, 6.07) is 0. The van der Waals surface area contributed by atoms with E-state index in [1.54, 1.807) is 18.5 Å². The number of nitrogens with zero attached hydrogens (tertiary/aromatic N) is 1. The number of ether oxygens (including phenoxy) is 1. The summed E-state index contributed by atoms with van der Waals surface area (Å²) in [6.45, 7) is 2.03. The van der Waals surface area contributed by atoms with Gasteiger partial charge in [0.15, 0.2) is 10.2 Å². The van der Waals surface area contributed by atoms with Crippen molar-refractivity contribution in [2.24, 2.45) is 0 Å². The number of aromatic nitrogens is 1. The monoisotopic (exact) mass is 231 g/mol. The number of rotatable bonds is 2. The number of thiazole rings is 1. The summed E-state index contributed by atoms with van der Waals surface area (Å²) >= 11 is 6.23. The summed E-state index contributed by atoms with van der Waals surface area (Å²) < 4.78 is 4.64. The van der Waals surface area contributed by atoms with Crippen LogP contribution in [0.15, 0.2) is 11.6 Å². The molecule has 0 aliphatic rings. The maximum absolute atomic E-state index is 10.9. The van der Waals surface area contributed by atoms with Gasteiger partial charge in [-0.05, 0) is 19.1 Å². The number of anilines is 1. The summed E-state index contributed by atoms with van der Waals surface area (Å²) in [6.07, 6.45) is 1.07. The molecule has 2 N–H and O–H groups in total. The zero-order chi connectivity index (χ0) is 10.4. The number of thiocarbonyl (C=S) groups is 1. The van der Waals surface area contributed by atoms with Crippen LogP contribution >= 0.6 is 23.6 Å². The SMILES string of the molecule is CCOC(=O)NC(=S)Nc1nccs1. The van der Waals surface area contributed by atoms with E-state index < -0.39 is 6.09 Å². The zero-order valence-electron chi connectivity index (χ0n) is 7.44. The van der Waals surface area contributed by atoms with Crippen LogP contribution in [0.3, 0.4) is 0 Å². The van der Waals surface area contributed by atoms with Gasteiger partial charge in [-0.1, -0.05) is 0 Å². The zero-order valence-corrected chi connectivity index (χ0v) is 9.08. The molecule has 0 atom stereocenters. The molecule has 0 saturated carbocycles. The topological polar surface area (TPSA) is 63.2 Å². The minimum absolute atomic E-state index is 0.179. The molecule has 1 rings (SSSR count). The molecule has 0 aliphatic carbocycles. The quantitative estimate of drug-likeness (QED) is 0.757. The first-order valence-corrected chi connectivity index (χ1v) is 5.15. The molecule has 1 aromatic heterocycles. The molecule has 0 unspecified atom stereocenters. The number of amides is 1. The van der Waals surface area contributed by atoms with E-state index in [1.165, 1.54) is 11.3 Å². The first-order chi connectivity index (χ1) is 6.72. The second-order valence-electron chi connectivity index (χ2n) is 2.14. The van der Waals surface area contributed by atoms with Crippen LogP contribution < -0.4 is 10.6 Å². The maximum atomic E-state index is 10.9.